The van der Waals surface area contributed by atoms with Crippen LogP contribution in [0.4, 0.5) is 0 Å². The molecule has 8 nitrogen and oxygen atoms in total. The van der Waals surface area contributed by atoms with Crippen LogP contribution in [-0.4, -0.2) is 68.4 Å². The molecule has 0 aliphatic heterocycles. The predicted octanol–water partition coefficient (Wildman–Crippen LogP) is 3.52. The van der Waals surface area contributed by atoms with Crippen molar-refractivity contribution in [1.82, 2.24) is 29.4 Å². The third-order valence-electron chi connectivity index (χ3n) is 5.76. The summed E-state index contributed by atoms with van der Waals surface area (Å²) in [6, 6.07) is 19.3. The summed E-state index contributed by atoms with van der Waals surface area (Å²) in [5.41, 5.74) is 4.19. The van der Waals surface area contributed by atoms with Gasteiger partial charge in [-0.25, -0.2) is 9.36 Å². The van der Waals surface area contributed by atoms with Crippen molar-refractivity contribution in [2.75, 3.05) is 27.2 Å². The van der Waals surface area contributed by atoms with Gasteiger partial charge < -0.3 is 9.80 Å². The summed E-state index contributed by atoms with van der Waals surface area (Å²) in [7, 11) is 3.47. The molecule has 2 aromatic heterocycles. The summed E-state index contributed by atoms with van der Waals surface area (Å²) >= 11 is 0. The zero-order chi connectivity index (χ0) is 24.2. The van der Waals surface area contributed by atoms with E-state index in [0.717, 1.165) is 11.4 Å². The molecule has 4 rings (SSSR count). The van der Waals surface area contributed by atoms with Crippen LogP contribution in [0.2, 0.25) is 0 Å². The molecule has 0 aliphatic rings. The van der Waals surface area contributed by atoms with Gasteiger partial charge in [0.1, 0.15) is 0 Å². The summed E-state index contributed by atoms with van der Waals surface area (Å²) in [6.07, 6.45) is 3.50. The molecule has 2 amide bonds. The van der Waals surface area contributed by atoms with Crippen molar-refractivity contribution < 1.29 is 9.59 Å². The molecule has 0 fully saturated rings. The molecule has 2 aromatic carbocycles. The third kappa shape index (κ3) is 4.76. The van der Waals surface area contributed by atoms with E-state index in [2.05, 4.69) is 10.2 Å². The van der Waals surface area contributed by atoms with Crippen molar-refractivity contribution >= 4 is 11.8 Å². The van der Waals surface area contributed by atoms with Crippen molar-refractivity contribution in [3.05, 3.63) is 95.6 Å². The van der Waals surface area contributed by atoms with E-state index < -0.39 is 0 Å². The number of carbonyl (C=O) groups is 2. The maximum absolute atomic E-state index is 13.0. The molecule has 0 unspecified atom stereocenters. The number of hydrogen-bond acceptors (Lipinski definition) is 4. The maximum atomic E-state index is 13.0. The first kappa shape index (κ1) is 23.0. The number of carbonyl (C=O) groups excluding carboxylic acids is 2. The molecule has 0 saturated heterocycles. The van der Waals surface area contributed by atoms with Crippen LogP contribution in [0.1, 0.15) is 32.1 Å². The van der Waals surface area contributed by atoms with Gasteiger partial charge in [-0.1, -0.05) is 36.4 Å². The number of nitrogens with zero attached hydrogens (tertiary/aromatic N) is 6. The molecule has 174 valence electrons. The zero-order valence-corrected chi connectivity index (χ0v) is 19.8. The standard InChI is InChI=1S/C26H28N6O2/c1-19-23(17-31(27-19)21-11-7-5-8-12-21)25(33)29(3)15-16-30(4)26(34)24-18-32(28-20(24)2)22-13-9-6-10-14-22/h5-14,17-18H,15-16H2,1-4H3. The second kappa shape index (κ2) is 9.74. The molecular formula is C26H28N6O2. The molecule has 0 saturated carbocycles. The fraction of sp³-hybridized carbons (Fsp3) is 0.231. The normalized spacial score (nSPS) is 10.8. The summed E-state index contributed by atoms with van der Waals surface area (Å²) in [6.45, 7) is 4.43. The number of aromatic nitrogens is 4. The summed E-state index contributed by atoms with van der Waals surface area (Å²) in [4.78, 5) is 29.3. The monoisotopic (exact) mass is 456 g/mol. The molecule has 8 heteroatoms. The number of likely N-dealkylation sites (N-methyl/N-ethyl adjacent to an activating group) is 2. The quantitative estimate of drug-likeness (QED) is 0.426. The minimum atomic E-state index is -0.131. The van der Waals surface area contributed by atoms with Crippen LogP contribution in [0.3, 0.4) is 0 Å². The minimum absolute atomic E-state index is 0.131. The van der Waals surface area contributed by atoms with Gasteiger partial charge in [-0.2, -0.15) is 10.2 Å². The highest BCUT2D eigenvalue weighted by atomic mass is 16.2. The number of benzene rings is 2. The number of amides is 2. The Morgan fingerprint density at radius 2 is 1.03 bits per heavy atom. The number of aryl methyl sites for hydroxylation is 2. The van der Waals surface area contributed by atoms with E-state index >= 15 is 0 Å². The van der Waals surface area contributed by atoms with Gasteiger partial charge in [0.05, 0.1) is 33.9 Å². The van der Waals surface area contributed by atoms with Crippen molar-refractivity contribution in [1.29, 1.82) is 0 Å². The summed E-state index contributed by atoms with van der Waals surface area (Å²) in [5.74, 6) is -0.262. The summed E-state index contributed by atoms with van der Waals surface area (Å²) in [5, 5.41) is 8.96. The Morgan fingerprint density at radius 1 is 0.676 bits per heavy atom. The lowest BCUT2D eigenvalue weighted by molar-refractivity contribution is 0.0718. The number of hydrogen-bond donors (Lipinski definition) is 0. The molecule has 0 bridgehead atoms. The average Bonchev–Trinajstić information content (AvgIpc) is 3.45. The molecule has 0 spiro atoms. The fourth-order valence-corrected chi connectivity index (χ4v) is 3.68. The van der Waals surface area contributed by atoms with Gasteiger partial charge in [0.2, 0.25) is 0 Å². The fourth-order valence-electron chi connectivity index (χ4n) is 3.68. The second-order valence-corrected chi connectivity index (χ2v) is 8.27. The van der Waals surface area contributed by atoms with E-state index in [-0.39, 0.29) is 11.8 Å². The van der Waals surface area contributed by atoms with Crippen LogP contribution in [0.25, 0.3) is 11.4 Å². The van der Waals surface area contributed by atoms with E-state index in [9.17, 15) is 9.59 Å². The molecule has 0 N–H and O–H groups in total. The van der Waals surface area contributed by atoms with Crippen LogP contribution < -0.4 is 0 Å². The first-order chi connectivity index (χ1) is 16.3. The minimum Gasteiger partial charge on any atom is -0.340 e. The van der Waals surface area contributed by atoms with Gasteiger partial charge in [-0.05, 0) is 38.1 Å². The van der Waals surface area contributed by atoms with Gasteiger partial charge in [0.25, 0.3) is 11.8 Å². The van der Waals surface area contributed by atoms with Crippen LogP contribution >= 0.6 is 0 Å². The Kier molecular flexibility index (Phi) is 6.58. The van der Waals surface area contributed by atoms with E-state index in [1.807, 2.05) is 74.5 Å². The largest absolute Gasteiger partial charge is 0.340 e. The van der Waals surface area contributed by atoms with Crippen LogP contribution in [0.15, 0.2) is 73.1 Å². The Bertz CT molecular complexity index is 1190. The summed E-state index contributed by atoms with van der Waals surface area (Å²) < 4.78 is 3.42. The first-order valence-corrected chi connectivity index (χ1v) is 11.1. The second-order valence-electron chi connectivity index (χ2n) is 8.27. The zero-order valence-electron chi connectivity index (χ0n) is 19.8. The molecule has 0 atom stereocenters. The van der Waals surface area contributed by atoms with Gasteiger partial charge >= 0.3 is 0 Å². The van der Waals surface area contributed by atoms with Gasteiger partial charge in [0, 0.05) is 39.6 Å². The maximum Gasteiger partial charge on any atom is 0.257 e. The highest BCUT2D eigenvalue weighted by Gasteiger charge is 2.21. The van der Waals surface area contributed by atoms with E-state index in [1.165, 1.54) is 0 Å². The van der Waals surface area contributed by atoms with Crippen molar-refractivity contribution in [2.45, 2.75) is 13.8 Å². The highest BCUT2D eigenvalue weighted by molar-refractivity contribution is 5.96. The van der Waals surface area contributed by atoms with Gasteiger partial charge in [-0.15, -0.1) is 0 Å². The van der Waals surface area contributed by atoms with Crippen LogP contribution in [-0.2, 0) is 0 Å². The molecule has 34 heavy (non-hydrogen) atoms. The SMILES string of the molecule is Cc1nn(-c2ccccc2)cc1C(=O)N(C)CCN(C)C(=O)c1cn(-c2ccccc2)nc1C. The Balaban J connectivity index is 1.40. The van der Waals surface area contributed by atoms with Crippen molar-refractivity contribution in [2.24, 2.45) is 0 Å². The van der Waals surface area contributed by atoms with E-state index in [4.69, 9.17) is 0 Å². The van der Waals surface area contributed by atoms with Gasteiger partial charge in [0.15, 0.2) is 0 Å². The molecule has 0 aliphatic carbocycles. The lowest BCUT2D eigenvalue weighted by atomic mass is 10.2. The van der Waals surface area contributed by atoms with Crippen molar-refractivity contribution in [3.8, 4) is 11.4 Å². The number of para-hydroxylation sites is 2. The Labute approximate surface area is 199 Å². The van der Waals surface area contributed by atoms with Crippen LogP contribution in [0, 0.1) is 13.8 Å². The van der Waals surface area contributed by atoms with E-state index in [0.29, 0.717) is 35.6 Å². The first-order valence-electron chi connectivity index (χ1n) is 11.1. The predicted molar refractivity (Wildman–Crippen MR) is 131 cm³/mol. The Morgan fingerprint density at radius 3 is 1.38 bits per heavy atom. The van der Waals surface area contributed by atoms with Crippen molar-refractivity contribution in [3.63, 3.8) is 0 Å². The van der Waals surface area contributed by atoms with E-state index in [1.54, 1.807) is 45.7 Å². The third-order valence-corrected chi connectivity index (χ3v) is 5.76. The molecule has 2 heterocycles. The van der Waals surface area contributed by atoms with Gasteiger partial charge in [-0.3, -0.25) is 9.59 Å². The highest BCUT2D eigenvalue weighted by Crippen LogP contribution is 2.15. The lowest BCUT2D eigenvalue weighted by Crippen LogP contribution is -2.37. The smallest absolute Gasteiger partial charge is 0.257 e. The topological polar surface area (TPSA) is 76.3 Å². The molecule has 0 radical (unpaired) electrons. The average molecular weight is 457 g/mol. The lowest BCUT2D eigenvalue weighted by Gasteiger charge is -2.22. The number of rotatable bonds is 7. The molecule has 4 aromatic rings. The Hall–Kier alpha value is -4.20. The van der Waals surface area contributed by atoms with Crippen LogP contribution in [0.5, 0.6) is 0 Å². The molecular weight excluding hydrogens is 428 g/mol.